The Morgan fingerprint density at radius 2 is 2.05 bits per heavy atom. The number of fused-ring (bicyclic) bond motifs is 5. The van der Waals surface area contributed by atoms with Gasteiger partial charge in [-0.2, -0.15) is 0 Å². The molecule has 5 fully saturated rings. The van der Waals surface area contributed by atoms with Crippen molar-refractivity contribution in [3.05, 3.63) is 71.5 Å². The molecule has 8 rings (SSSR count). The Hall–Kier alpha value is -3.60. The number of piperazine rings is 1. The van der Waals surface area contributed by atoms with E-state index in [2.05, 4.69) is 40.5 Å². The Labute approximate surface area is 250 Å². The number of carbonyl (C=O) groups excluding carboxylic acids is 3. The van der Waals surface area contributed by atoms with Crippen molar-refractivity contribution in [3.8, 4) is 0 Å². The lowest BCUT2D eigenvalue weighted by atomic mass is 9.64. The van der Waals surface area contributed by atoms with Gasteiger partial charge in [0.2, 0.25) is 17.5 Å². The van der Waals surface area contributed by atoms with Gasteiger partial charge in [-0.1, -0.05) is 48.1 Å². The number of hydrogen-bond donors (Lipinski definition) is 2. The van der Waals surface area contributed by atoms with Gasteiger partial charge >= 0.3 is 0 Å². The maximum Gasteiger partial charge on any atom is 0.280 e. The number of carbonyl (C=O) groups is 3. The van der Waals surface area contributed by atoms with Gasteiger partial charge in [0.05, 0.1) is 11.6 Å². The number of nitrogens with one attached hydrogen (secondary N) is 1. The van der Waals surface area contributed by atoms with Crippen LogP contribution in [0.3, 0.4) is 0 Å². The summed E-state index contributed by atoms with van der Waals surface area (Å²) in [5, 5.41) is 15.0. The van der Waals surface area contributed by atoms with Crippen molar-refractivity contribution in [1.29, 1.82) is 0 Å². The van der Waals surface area contributed by atoms with E-state index in [0.717, 1.165) is 17.7 Å². The van der Waals surface area contributed by atoms with E-state index in [-0.39, 0.29) is 42.0 Å². The molecule has 10 heteroatoms. The molecule has 1 aromatic carbocycles. The smallest absolute Gasteiger partial charge is 0.280 e. The Balaban J connectivity index is 1.06. The number of aliphatic imine (C=N–C) groups is 1. The molecular formula is C33H37N5O5. The van der Waals surface area contributed by atoms with Gasteiger partial charge < -0.3 is 20.2 Å². The predicted molar refractivity (Wildman–Crippen MR) is 157 cm³/mol. The van der Waals surface area contributed by atoms with Crippen molar-refractivity contribution in [3.63, 3.8) is 0 Å². The molecule has 7 aliphatic rings. The highest BCUT2D eigenvalue weighted by molar-refractivity contribution is 6.04. The fraction of sp³-hybridized carbons (Fsp3) is 0.515. The van der Waals surface area contributed by atoms with Gasteiger partial charge in [0.25, 0.3) is 11.8 Å². The molecule has 0 aromatic heterocycles. The number of aliphatic hydroxyl groups is 1. The van der Waals surface area contributed by atoms with Crippen LogP contribution in [0.25, 0.3) is 0 Å². The van der Waals surface area contributed by atoms with Gasteiger partial charge in [0, 0.05) is 37.7 Å². The Morgan fingerprint density at radius 3 is 2.86 bits per heavy atom. The number of hydrogen-bond acceptors (Lipinski definition) is 7. The molecule has 0 spiro atoms. The van der Waals surface area contributed by atoms with Gasteiger partial charge in [0.1, 0.15) is 12.1 Å². The molecule has 4 saturated heterocycles. The number of ether oxygens (including phenoxy) is 1. The van der Waals surface area contributed by atoms with Crippen LogP contribution < -0.4 is 5.32 Å². The summed E-state index contributed by atoms with van der Waals surface area (Å²) in [5.41, 5.74) is 2.78. The number of rotatable bonds is 4. The van der Waals surface area contributed by atoms with Crippen LogP contribution in [-0.4, -0.2) is 93.1 Å². The summed E-state index contributed by atoms with van der Waals surface area (Å²) in [5.74, 6) is -3.08. The monoisotopic (exact) mass is 583 g/mol. The zero-order valence-electron chi connectivity index (χ0n) is 24.5. The third-order valence-electron chi connectivity index (χ3n) is 10.8. The average molecular weight is 584 g/mol. The third kappa shape index (κ3) is 3.89. The molecule has 1 saturated carbocycles. The maximum atomic E-state index is 14.2. The topological polar surface area (TPSA) is 115 Å². The van der Waals surface area contributed by atoms with Crippen molar-refractivity contribution >= 4 is 23.4 Å². The van der Waals surface area contributed by atoms with Crippen molar-refractivity contribution in [2.75, 3.05) is 20.1 Å². The Bertz CT molecular complexity index is 1530. The van der Waals surface area contributed by atoms with Crippen LogP contribution in [0.5, 0.6) is 0 Å². The maximum absolute atomic E-state index is 14.2. The van der Waals surface area contributed by atoms with Crippen molar-refractivity contribution in [2.45, 2.75) is 68.8 Å². The van der Waals surface area contributed by atoms with E-state index in [1.54, 1.807) is 4.90 Å². The first-order valence-corrected chi connectivity index (χ1v) is 15.5. The summed E-state index contributed by atoms with van der Waals surface area (Å²) in [4.78, 5) is 51.7. The van der Waals surface area contributed by atoms with Crippen LogP contribution in [0, 0.1) is 17.8 Å². The van der Waals surface area contributed by atoms with E-state index in [9.17, 15) is 19.5 Å². The molecule has 1 aromatic rings. The lowest BCUT2D eigenvalue weighted by Gasteiger charge is -2.49. The van der Waals surface area contributed by atoms with E-state index in [0.29, 0.717) is 32.4 Å². The lowest BCUT2D eigenvalue weighted by Crippen LogP contribution is -2.71. The van der Waals surface area contributed by atoms with E-state index < -0.39 is 29.6 Å². The number of piperidine rings is 1. The first kappa shape index (κ1) is 27.0. The summed E-state index contributed by atoms with van der Waals surface area (Å²) >= 11 is 0. The highest BCUT2D eigenvalue weighted by atomic mass is 16.7. The first-order chi connectivity index (χ1) is 20.7. The van der Waals surface area contributed by atoms with Crippen LogP contribution in [0.2, 0.25) is 0 Å². The second kappa shape index (κ2) is 9.45. The molecule has 3 amide bonds. The fourth-order valence-corrected chi connectivity index (χ4v) is 8.82. The summed E-state index contributed by atoms with van der Waals surface area (Å²) in [7, 11) is 2.06. The lowest BCUT2D eigenvalue weighted by molar-refractivity contribution is -0.315. The highest BCUT2D eigenvalue weighted by Crippen LogP contribution is 2.50. The number of likely N-dealkylation sites (tertiary alicyclic amines) is 1. The van der Waals surface area contributed by atoms with Gasteiger partial charge in [-0.3, -0.25) is 29.0 Å². The minimum absolute atomic E-state index is 0.188. The molecular weight excluding hydrogens is 546 g/mol. The van der Waals surface area contributed by atoms with Crippen LogP contribution in [0.1, 0.15) is 38.2 Å². The standard InChI is InChI=1S/C33H37N5O5/c1-32(35-29(39)21-15-23-22-10-6-11-24-28(22)20(17-34-24)16-25(23)36(2)18-21)31(41)38-26(14-19-8-4-3-5-9-19)30(40)37-13-7-12-27(37)33(38,42)43-32/h3-6,8-11,17,21,23,25-28,42H,7,12-16,18H2,1-2H3,(H,35,39)/t21-,23-,25-,26+,27+,28?,32-,33+/m1/s1. The Morgan fingerprint density at radius 1 is 1.23 bits per heavy atom. The summed E-state index contributed by atoms with van der Waals surface area (Å²) < 4.78 is 6.25. The van der Waals surface area contributed by atoms with E-state index in [1.807, 2.05) is 36.5 Å². The molecule has 224 valence electrons. The van der Waals surface area contributed by atoms with E-state index >= 15 is 0 Å². The molecule has 1 unspecified atom stereocenters. The fourth-order valence-electron chi connectivity index (χ4n) is 8.82. The van der Waals surface area contributed by atoms with Crippen molar-refractivity contribution in [2.24, 2.45) is 22.7 Å². The molecule has 8 atom stereocenters. The van der Waals surface area contributed by atoms with E-state index in [1.165, 1.54) is 23.0 Å². The number of allylic oxidation sites excluding steroid dienone is 3. The Kier molecular flexibility index (Phi) is 5.93. The SMILES string of the molecule is CN1C[C@H](C(=O)N[C@]2(C)O[C@@]3(O)[C@@H]4CCCN4C(=O)[C@H](Cc4ccccc4)N3C2=O)C[C@@H]2C3=CC=CC4=NC=C(C[C@H]21)C34. The van der Waals surface area contributed by atoms with Crippen molar-refractivity contribution < 1.29 is 24.2 Å². The zero-order chi connectivity index (χ0) is 29.7. The van der Waals surface area contributed by atoms with Gasteiger partial charge in [-0.25, -0.2) is 0 Å². The van der Waals surface area contributed by atoms with Crippen LogP contribution in [0.4, 0.5) is 0 Å². The summed E-state index contributed by atoms with van der Waals surface area (Å²) in [6, 6.07) is 8.13. The zero-order valence-corrected chi connectivity index (χ0v) is 24.5. The van der Waals surface area contributed by atoms with Gasteiger partial charge in [-0.15, -0.1) is 0 Å². The van der Waals surface area contributed by atoms with Crippen LogP contribution in [-0.2, 0) is 25.5 Å². The largest absolute Gasteiger partial charge is 0.347 e. The van der Waals surface area contributed by atoms with Crippen LogP contribution in [0.15, 0.2) is 70.9 Å². The summed E-state index contributed by atoms with van der Waals surface area (Å²) in [6.07, 6.45) is 11.4. The number of amides is 3. The predicted octanol–water partition coefficient (Wildman–Crippen LogP) is 1.73. The molecule has 43 heavy (non-hydrogen) atoms. The van der Waals surface area contributed by atoms with Gasteiger partial charge in [-0.05, 0) is 62.8 Å². The second-order valence-electron chi connectivity index (χ2n) is 13.3. The molecule has 5 aliphatic heterocycles. The molecule has 0 radical (unpaired) electrons. The normalized spacial score (nSPS) is 39.5. The van der Waals surface area contributed by atoms with Crippen LogP contribution >= 0.6 is 0 Å². The molecule has 0 bridgehead atoms. The minimum atomic E-state index is -2.03. The molecule has 10 nitrogen and oxygen atoms in total. The number of benzene rings is 1. The van der Waals surface area contributed by atoms with Crippen molar-refractivity contribution in [1.82, 2.24) is 20.0 Å². The van der Waals surface area contributed by atoms with Gasteiger partial charge in [0.15, 0.2) is 0 Å². The second-order valence-corrected chi connectivity index (χ2v) is 13.3. The first-order valence-electron chi connectivity index (χ1n) is 15.5. The summed E-state index contributed by atoms with van der Waals surface area (Å²) in [6.45, 7) is 2.55. The highest BCUT2D eigenvalue weighted by Gasteiger charge is 2.70. The molecule has 5 heterocycles. The van der Waals surface area contributed by atoms with E-state index in [4.69, 9.17) is 4.74 Å². The molecule has 2 N–H and O–H groups in total. The average Bonchev–Trinajstić information content (AvgIpc) is 3.70. The number of nitrogens with zero attached hydrogens (tertiary/aromatic N) is 4. The molecule has 2 aliphatic carbocycles. The quantitative estimate of drug-likeness (QED) is 0.558. The third-order valence-corrected chi connectivity index (χ3v) is 10.8. The minimum Gasteiger partial charge on any atom is -0.347 e.